The lowest BCUT2D eigenvalue weighted by molar-refractivity contribution is -0.140. The van der Waals surface area contributed by atoms with Crippen molar-refractivity contribution in [3.63, 3.8) is 0 Å². The minimum atomic E-state index is -0.663. The van der Waals surface area contributed by atoms with Crippen LogP contribution in [0, 0.1) is 5.82 Å². The average molecular weight is 400 g/mol. The monoisotopic (exact) mass is 400 g/mol. The third-order valence-corrected chi connectivity index (χ3v) is 4.45. The van der Waals surface area contributed by atoms with Gasteiger partial charge in [-0.05, 0) is 63.1 Å². The first-order chi connectivity index (χ1) is 13.6. The van der Waals surface area contributed by atoms with E-state index in [1.165, 1.54) is 12.1 Å². The van der Waals surface area contributed by atoms with Gasteiger partial charge in [-0.2, -0.15) is 0 Å². The Morgan fingerprint density at radius 2 is 1.59 bits per heavy atom. The summed E-state index contributed by atoms with van der Waals surface area (Å²) in [6.07, 6.45) is 0.0869. The zero-order valence-corrected chi connectivity index (χ0v) is 17.7. The highest BCUT2D eigenvalue weighted by Crippen LogP contribution is 2.17. The molecule has 2 aromatic rings. The Bertz CT molecular complexity index is 827. The smallest absolute Gasteiger partial charge is 0.242 e. The van der Waals surface area contributed by atoms with Gasteiger partial charge in [-0.3, -0.25) is 9.59 Å². The molecule has 0 heterocycles. The largest absolute Gasteiger partial charge is 0.497 e. The van der Waals surface area contributed by atoms with Crippen molar-refractivity contribution in [1.82, 2.24) is 10.2 Å². The molecule has 0 radical (unpaired) electrons. The van der Waals surface area contributed by atoms with E-state index in [4.69, 9.17) is 4.74 Å². The van der Waals surface area contributed by atoms with E-state index in [0.29, 0.717) is 5.56 Å². The van der Waals surface area contributed by atoms with E-state index in [-0.39, 0.29) is 30.6 Å². The Morgan fingerprint density at radius 3 is 2.10 bits per heavy atom. The Labute approximate surface area is 171 Å². The molecule has 5 nitrogen and oxygen atoms in total. The highest BCUT2D eigenvalue weighted by molar-refractivity contribution is 5.88. The maximum atomic E-state index is 13.2. The third-order valence-electron chi connectivity index (χ3n) is 4.45. The molecule has 0 saturated carbocycles. The number of carbonyl (C=O) groups is 2. The fraction of sp³-hybridized carbons (Fsp3) is 0.391. The Kier molecular flexibility index (Phi) is 7.37. The van der Waals surface area contributed by atoms with Crippen LogP contribution in [0.1, 0.15) is 38.8 Å². The Morgan fingerprint density at radius 1 is 1.03 bits per heavy atom. The van der Waals surface area contributed by atoms with Crippen molar-refractivity contribution in [3.05, 3.63) is 65.5 Å². The first-order valence-electron chi connectivity index (χ1n) is 9.58. The van der Waals surface area contributed by atoms with Crippen molar-refractivity contribution in [2.75, 3.05) is 7.11 Å². The van der Waals surface area contributed by atoms with E-state index in [9.17, 15) is 14.0 Å². The molecule has 0 spiro atoms. The molecule has 2 amide bonds. The van der Waals surface area contributed by atoms with Gasteiger partial charge in [0.15, 0.2) is 0 Å². The van der Waals surface area contributed by atoms with Crippen molar-refractivity contribution in [1.29, 1.82) is 0 Å². The normalized spacial score (nSPS) is 12.2. The standard InChI is InChI=1S/C23H29FN2O3/c1-16(22(28)25-23(2,3)4)26(15-18-8-12-20(29-5)13-9-18)21(27)14-17-6-10-19(24)11-7-17/h6-13,16H,14-15H2,1-5H3,(H,25,28)/t16-/m0/s1. The topological polar surface area (TPSA) is 58.6 Å². The highest BCUT2D eigenvalue weighted by Gasteiger charge is 2.28. The van der Waals surface area contributed by atoms with Gasteiger partial charge in [-0.1, -0.05) is 24.3 Å². The van der Waals surface area contributed by atoms with Gasteiger partial charge in [0.1, 0.15) is 17.6 Å². The number of hydrogen-bond donors (Lipinski definition) is 1. The number of amides is 2. The number of hydrogen-bond acceptors (Lipinski definition) is 3. The van der Waals surface area contributed by atoms with Crippen molar-refractivity contribution >= 4 is 11.8 Å². The van der Waals surface area contributed by atoms with Gasteiger partial charge in [0.2, 0.25) is 11.8 Å². The molecule has 2 aromatic carbocycles. The van der Waals surface area contributed by atoms with Gasteiger partial charge in [0.05, 0.1) is 13.5 Å². The SMILES string of the molecule is COc1ccc(CN(C(=O)Cc2ccc(F)cc2)[C@@H](C)C(=O)NC(C)(C)C)cc1. The van der Waals surface area contributed by atoms with Gasteiger partial charge < -0.3 is 15.0 Å². The van der Waals surface area contributed by atoms with Crippen LogP contribution in [0.5, 0.6) is 5.75 Å². The second kappa shape index (κ2) is 9.54. The lowest BCUT2D eigenvalue weighted by Gasteiger charge is -2.31. The van der Waals surface area contributed by atoms with Crippen LogP contribution in [-0.2, 0) is 22.6 Å². The Hall–Kier alpha value is -2.89. The summed E-state index contributed by atoms with van der Waals surface area (Å²) >= 11 is 0. The van der Waals surface area contributed by atoms with Gasteiger partial charge in [-0.15, -0.1) is 0 Å². The molecular formula is C23H29FN2O3. The van der Waals surface area contributed by atoms with Gasteiger partial charge in [0.25, 0.3) is 0 Å². The summed E-state index contributed by atoms with van der Waals surface area (Å²) in [6, 6.07) is 12.5. The molecule has 29 heavy (non-hydrogen) atoms. The number of nitrogens with zero attached hydrogens (tertiary/aromatic N) is 1. The second-order valence-electron chi connectivity index (χ2n) is 8.09. The number of ether oxygens (including phenoxy) is 1. The maximum absolute atomic E-state index is 13.2. The van der Waals surface area contributed by atoms with Gasteiger partial charge in [0, 0.05) is 12.1 Å². The van der Waals surface area contributed by atoms with Crippen LogP contribution in [0.4, 0.5) is 4.39 Å². The van der Waals surface area contributed by atoms with Crippen LogP contribution in [-0.4, -0.2) is 35.4 Å². The number of rotatable bonds is 7. The molecule has 2 rings (SSSR count). The van der Waals surface area contributed by atoms with Crippen molar-refractivity contribution in [3.8, 4) is 5.75 Å². The second-order valence-corrected chi connectivity index (χ2v) is 8.09. The van der Waals surface area contributed by atoms with Crippen LogP contribution >= 0.6 is 0 Å². The predicted octanol–water partition coefficient (Wildman–Crippen LogP) is 3.71. The number of nitrogens with one attached hydrogen (secondary N) is 1. The maximum Gasteiger partial charge on any atom is 0.242 e. The molecule has 0 fully saturated rings. The third kappa shape index (κ3) is 6.89. The summed E-state index contributed by atoms with van der Waals surface area (Å²) in [4.78, 5) is 27.3. The highest BCUT2D eigenvalue weighted by atomic mass is 19.1. The first-order valence-corrected chi connectivity index (χ1v) is 9.58. The molecule has 0 saturated heterocycles. The molecule has 6 heteroatoms. The molecule has 1 N–H and O–H groups in total. The number of halogens is 1. The van der Waals surface area contributed by atoms with Crippen LogP contribution in [0.3, 0.4) is 0 Å². The quantitative estimate of drug-likeness (QED) is 0.771. The number of methoxy groups -OCH3 is 1. The van der Waals surface area contributed by atoms with E-state index < -0.39 is 11.6 Å². The molecule has 156 valence electrons. The molecule has 0 aliphatic carbocycles. The van der Waals surface area contributed by atoms with Crippen LogP contribution in [0.15, 0.2) is 48.5 Å². The summed E-state index contributed by atoms with van der Waals surface area (Å²) < 4.78 is 18.3. The Balaban J connectivity index is 2.23. The molecule has 0 aliphatic heterocycles. The minimum absolute atomic E-state index is 0.0869. The van der Waals surface area contributed by atoms with Crippen molar-refractivity contribution < 1.29 is 18.7 Å². The fourth-order valence-corrected chi connectivity index (χ4v) is 2.86. The van der Waals surface area contributed by atoms with Crippen molar-refractivity contribution in [2.24, 2.45) is 0 Å². The molecule has 1 atom stereocenters. The summed E-state index contributed by atoms with van der Waals surface area (Å²) in [6.45, 7) is 7.68. The zero-order valence-electron chi connectivity index (χ0n) is 17.7. The molecule has 0 aliphatic rings. The van der Waals surface area contributed by atoms with Gasteiger partial charge in [-0.25, -0.2) is 4.39 Å². The van der Waals surface area contributed by atoms with E-state index in [1.807, 2.05) is 45.0 Å². The summed E-state index contributed by atoms with van der Waals surface area (Å²) in [5.74, 6) is -0.0619. The molecule has 0 bridgehead atoms. The zero-order chi connectivity index (χ0) is 21.6. The fourth-order valence-electron chi connectivity index (χ4n) is 2.86. The first kappa shape index (κ1) is 22.4. The van der Waals surface area contributed by atoms with E-state index in [0.717, 1.165) is 11.3 Å². The number of carbonyl (C=O) groups excluding carboxylic acids is 2. The van der Waals surface area contributed by atoms with E-state index >= 15 is 0 Å². The average Bonchev–Trinajstić information content (AvgIpc) is 2.66. The van der Waals surface area contributed by atoms with Gasteiger partial charge >= 0.3 is 0 Å². The number of benzene rings is 2. The lowest BCUT2D eigenvalue weighted by Crippen LogP contribution is -2.52. The van der Waals surface area contributed by atoms with Crippen LogP contribution < -0.4 is 10.1 Å². The summed E-state index contributed by atoms with van der Waals surface area (Å²) in [5, 5.41) is 2.93. The van der Waals surface area contributed by atoms with Crippen molar-refractivity contribution in [2.45, 2.75) is 52.2 Å². The predicted molar refractivity (Wildman–Crippen MR) is 111 cm³/mol. The van der Waals surface area contributed by atoms with E-state index in [2.05, 4.69) is 5.32 Å². The van der Waals surface area contributed by atoms with Crippen LogP contribution in [0.25, 0.3) is 0 Å². The molecule has 0 unspecified atom stereocenters. The van der Waals surface area contributed by atoms with E-state index in [1.54, 1.807) is 31.1 Å². The lowest BCUT2D eigenvalue weighted by atomic mass is 10.1. The molecule has 0 aromatic heterocycles. The summed E-state index contributed by atoms with van der Waals surface area (Å²) in [7, 11) is 1.59. The summed E-state index contributed by atoms with van der Waals surface area (Å²) in [5.41, 5.74) is 1.17. The van der Waals surface area contributed by atoms with Crippen LogP contribution in [0.2, 0.25) is 0 Å². The molecular weight excluding hydrogens is 371 g/mol. The minimum Gasteiger partial charge on any atom is -0.497 e.